The van der Waals surface area contributed by atoms with Crippen molar-refractivity contribution in [1.82, 2.24) is 10.0 Å². The summed E-state index contributed by atoms with van der Waals surface area (Å²) in [6, 6.07) is 6.94. The average Bonchev–Trinajstić information content (AvgIpc) is 2.35. The lowest BCUT2D eigenvalue weighted by Gasteiger charge is -2.05. The summed E-state index contributed by atoms with van der Waals surface area (Å²) in [6.07, 6.45) is 6.73. The molecule has 1 amide bonds. The number of terminal acetylenes is 1. The van der Waals surface area contributed by atoms with Crippen LogP contribution in [0.4, 0.5) is 0 Å². The van der Waals surface area contributed by atoms with Gasteiger partial charge in [0.05, 0.1) is 12.8 Å². The van der Waals surface area contributed by atoms with Gasteiger partial charge in [-0.3, -0.25) is 4.79 Å². The van der Waals surface area contributed by atoms with E-state index in [9.17, 15) is 13.2 Å². The molecule has 5 nitrogen and oxygen atoms in total. The molecule has 0 unspecified atom stereocenters. The molecule has 0 atom stereocenters. The molecule has 0 fully saturated rings. The Morgan fingerprint density at radius 1 is 1.32 bits per heavy atom. The van der Waals surface area contributed by atoms with E-state index in [-0.39, 0.29) is 12.5 Å². The molecule has 0 saturated carbocycles. The van der Waals surface area contributed by atoms with Crippen LogP contribution >= 0.6 is 0 Å². The fourth-order valence-corrected chi connectivity index (χ4v) is 1.91. The van der Waals surface area contributed by atoms with E-state index in [0.717, 1.165) is 11.8 Å². The highest BCUT2D eigenvalue weighted by atomic mass is 32.2. The molecule has 0 bridgehead atoms. The van der Waals surface area contributed by atoms with Crippen molar-refractivity contribution in [1.29, 1.82) is 0 Å². The second-order valence-electron chi connectivity index (χ2n) is 4.00. The molecule has 0 saturated heterocycles. The van der Waals surface area contributed by atoms with Gasteiger partial charge in [0.1, 0.15) is 0 Å². The van der Waals surface area contributed by atoms with Gasteiger partial charge in [0.15, 0.2) is 0 Å². The number of hydrogen-bond donors (Lipinski definition) is 2. The molecule has 0 aliphatic carbocycles. The van der Waals surface area contributed by atoms with Crippen LogP contribution in [-0.2, 0) is 16.4 Å². The minimum absolute atomic E-state index is 0.193. The van der Waals surface area contributed by atoms with Gasteiger partial charge in [-0.25, -0.2) is 13.1 Å². The first-order chi connectivity index (χ1) is 8.92. The molecule has 0 aromatic heterocycles. The summed E-state index contributed by atoms with van der Waals surface area (Å²) in [5, 5.41) is 2.56. The molecule has 0 heterocycles. The number of benzene rings is 1. The first kappa shape index (κ1) is 15.2. The van der Waals surface area contributed by atoms with E-state index in [1.54, 1.807) is 24.3 Å². The van der Waals surface area contributed by atoms with Crippen LogP contribution in [0.5, 0.6) is 0 Å². The van der Waals surface area contributed by atoms with Crippen LogP contribution in [0.15, 0.2) is 24.3 Å². The lowest BCUT2D eigenvalue weighted by Crippen LogP contribution is -2.24. The Morgan fingerprint density at radius 3 is 2.47 bits per heavy atom. The van der Waals surface area contributed by atoms with E-state index in [4.69, 9.17) is 6.42 Å². The third-order valence-corrected chi connectivity index (χ3v) is 3.07. The average molecular weight is 280 g/mol. The van der Waals surface area contributed by atoms with E-state index in [1.807, 2.05) is 0 Å². The molecule has 102 valence electrons. The third kappa shape index (κ3) is 6.04. The van der Waals surface area contributed by atoms with Crippen molar-refractivity contribution in [2.24, 2.45) is 0 Å². The molecule has 1 rings (SSSR count). The van der Waals surface area contributed by atoms with Crippen LogP contribution in [0.2, 0.25) is 0 Å². The minimum Gasteiger partial charge on any atom is -0.341 e. The maximum absolute atomic E-state index is 11.6. The molecule has 0 aliphatic rings. The Morgan fingerprint density at radius 2 is 1.95 bits per heavy atom. The van der Waals surface area contributed by atoms with E-state index in [2.05, 4.69) is 16.0 Å². The summed E-state index contributed by atoms with van der Waals surface area (Å²) < 4.78 is 24.2. The van der Waals surface area contributed by atoms with Crippen molar-refractivity contribution in [3.8, 4) is 12.3 Å². The minimum atomic E-state index is -3.16. The van der Waals surface area contributed by atoms with E-state index >= 15 is 0 Å². The van der Waals surface area contributed by atoms with Crippen LogP contribution in [0.25, 0.3) is 0 Å². The highest BCUT2D eigenvalue weighted by molar-refractivity contribution is 7.88. The second-order valence-corrected chi connectivity index (χ2v) is 5.83. The number of carbonyl (C=O) groups excluding carboxylic acids is 1. The number of amides is 1. The fraction of sp³-hybridized carbons (Fsp3) is 0.308. The molecule has 1 aromatic carbocycles. The van der Waals surface area contributed by atoms with Gasteiger partial charge in [-0.05, 0) is 24.1 Å². The maximum Gasteiger partial charge on any atom is 0.252 e. The quantitative estimate of drug-likeness (QED) is 0.728. The Balaban J connectivity index is 2.52. The van der Waals surface area contributed by atoms with E-state index < -0.39 is 10.0 Å². The smallest absolute Gasteiger partial charge is 0.252 e. The summed E-state index contributed by atoms with van der Waals surface area (Å²) >= 11 is 0. The Labute approximate surface area is 113 Å². The highest BCUT2D eigenvalue weighted by Crippen LogP contribution is 2.05. The Kier molecular flexibility index (Phi) is 5.55. The number of hydrogen-bond acceptors (Lipinski definition) is 3. The van der Waals surface area contributed by atoms with Crippen molar-refractivity contribution >= 4 is 15.9 Å². The Hall–Kier alpha value is -1.84. The van der Waals surface area contributed by atoms with Crippen LogP contribution in [0.3, 0.4) is 0 Å². The number of carbonyl (C=O) groups is 1. The SMILES string of the molecule is C#CCNC(=O)c1ccc(CCNS(C)(=O)=O)cc1. The van der Waals surface area contributed by atoms with E-state index in [0.29, 0.717) is 18.5 Å². The predicted molar refractivity (Wildman–Crippen MR) is 74.2 cm³/mol. The topological polar surface area (TPSA) is 75.3 Å². The van der Waals surface area contributed by atoms with Gasteiger partial charge in [-0.2, -0.15) is 0 Å². The van der Waals surface area contributed by atoms with Gasteiger partial charge in [-0.1, -0.05) is 18.1 Å². The molecule has 0 radical (unpaired) electrons. The zero-order valence-corrected chi connectivity index (χ0v) is 11.5. The first-order valence-corrected chi connectivity index (χ1v) is 7.57. The molecule has 0 aliphatic heterocycles. The molecular formula is C13H16N2O3S. The largest absolute Gasteiger partial charge is 0.341 e. The molecule has 19 heavy (non-hydrogen) atoms. The zero-order valence-electron chi connectivity index (χ0n) is 10.6. The van der Waals surface area contributed by atoms with Gasteiger partial charge in [0, 0.05) is 12.1 Å². The predicted octanol–water partition coefficient (Wildman–Crippen LogP) is 0.141. The van der Waals surface area contributed by atoms with Crippen molar-refractivity contribution in [2.45, 2.75) is 6.42 Å². The first-order valence-electron chi connectivity index (χ1n) is 5.67. The van der Waals surface area contributed by atoms with Crippen LogP contribution in [0, 0.1) is 12.3 Å². The van der Waals surface area contributed by atoms with Crippen LogP contribution < -0.4 is 10.0 Å². The molecular weight excluding hydrogens is 264 g/mol. The summed E-state index contributed by atoms with van der Waals surface area (Å²) in [7, 11) is -3.16. The van der Waals surface area contributed by atoms with Crippen LogP contribution in [-0.4, -0.2) is 33.7 Å². The van der Waals surface area contributed by atoms with Gasteiger partial charge in [0.2, 0.25) is 10.0 Å². The maximum atomic E-state index is 11.6. The summed E-state index contributed by atoms with van der Waals surface area (Å²) in [6.45, 7) is 0.528. The fourth-order valence-electron chi connectivity index (χ4n) is 1.44. The number of rotatable bonds is 6. The van der Waals surface area contributed by atoms with Gasteiger partial charge >= 0.3 is 0 Å². The van der Waals surface area contributed by atoms with Crippen molar-refractivity contribution < 1.29 is 13.2 Å². The molecule has 1 aromatic rings. The van der Waals surface area contributed by atoms with Gasteiger partial charge in [0.25, 0.3) is 5.91 Å². The monoisotopic (exact) mass is 280 g/mol. The second kappa shape index (κ2) is 6.92. The van der Waals surface area contributed by atoms with Crippen LogP contribution in [0.1, 0.15) is 15.9 Å². The highest BCUT2D eigenvalue weighted by Gasteiger charge is 2.04. The zero-order chi connectivity index (χ0) is 14.3. The lowest BCUT2D eigenvalue weighted by molar-refractivity contribution is 0.0958. The van der Waals surface area contributed by atoms with Gasteiger partial charge in [-0.15, -0.1) is 6.42 Å². The Bertz CT molecular complexity index is 571. The summed E-state index contributed by atoms with van der Waals surface area (Å²) in [4.78, 5) is 11.6. The summed E-state index contributed by atoms with van der Waals surface area (Å²) in [5.74, 6) is 2.10. The van der Waals surface area contributed by atoms with E-state index in [1.165, 1.54) is 0 Å². The normalized spacial score (nSPS) is 10.7. The number of sulfonamides is 1. The lowest BCUT2D eigenvalue weighted by atomic mass is 10.1. The third-order valence-electron chi connectivity index (χ3n) is 2.35. The van der Waals surface area contributed by atoms with Crippen molar-refractivity contribution in [3.63, 3.8) is 0 Å². The number of nitrogens with one attached hydrogen (secondary N) is 2. The standard InChI is InChI=1S/C13H16N2O3S/c1-3-9-14-13(16)12-6-4-11(5-7-12)8-10-15-19(2,17)18/h1,4-7,15H,8-10H2,2H3,(H,14,16). The molecule has 0 spiro atoms. The van der Waals surface area contributed by atoms with Crippen molar-refractivity contribution in [3.05, 3.63) is 35.4 Å². The van der Waals surface area contributed by atoms with Gasteiger partial charge < -0.3 is 5.32 Å². The molecule has 6 heteroatoms. The van der Waals surface area contributed by atoms with Crippen molar-refractivity contribution in [2.75, 3.05) is 19.3 Å². The summed E-state index contributed by atoms with van der Waals surface area (Å²) in [5.41, 5.74) is 1.47. The molecule has 2 N–H and O–H groups in total.